The van der Waals surface area contributed by atoms with Crippen LogP contribution in [0, 0.1) is 0 Å². The highest BCUT2D eigenvalue weighted by molar-refractivity contribution is 6.32. The lowest BCUT2D eigenvalue weighted by Gasteiger charge is -2.21. The highest BCUT2D eigenvalue weighted by Crippen LogP contribution is 2.44. The van der Waals surface area contributed by atoms with Crippen LogP contribution in [-0.2, 0) is 6.42 Å². The molecule has 154 valence electrons. The summed E-state index contributed by atoms with van der Waals surface area (Å²) in [5.41, 5.74) is 4.32. The van der Waals surface area contributed by atoms with Crippen LogP contribution >= 0.6 is 11.6 Å². The molecule has 4 N–H and O–H groups in total. The Bertz CT molecular complexity index is 1140. The number of amides is 1. The number of carbonyl (C=O) groups excluding carboxylic acids is 1. The summed E-state index contributed by atoms with van der Waals surface area (Å²) < 4.78 is 11.4. The number of benzene rings is 1. The SMILES string of the molecule is COc1c(Cl)cccc1Nc1c(-c2ccnc3c2OCCN3)[nH]c2c1C(=O)NCC2. The normalized spacial score (nSPS) is 14.7. The quantitative estimate of drug-likeness (QED) is 0.510. The van der Waals surface area contributed by atoms with Crippen molar-refractivity contribution in [3.63, 3.8) is 0 Å². The topological polar surface area (TPSA) is 100 Å². The van der Waals surface area contributed by atoms with Crippen molar-refractivity contribution in [2.45, 2.75) is 6.42 Å². The molecule has 2 aliphatic heterocycles. The van der Waals surface area contributed by atoms with E-state index in [0.29, 0.717) is 65.4 Å². The van der Waals surface area contributed by atoms with E-state index in [-0.39, 0.29) is 5.91 Å². The predicted octanol–water partition coefficient (Wildman–Crippen LogP) is 3.57. The first-order valence-corrected chi connectivity index (χ1v) is 10.0. The second-order valence-corrected chi connectivity index (χ2v) is 7.40. The molecule has 2 aliphatic rings. The van der Waals surface area contributed by atoms with Gasteiger partial charge in [0.1, 0.15) is 6.61 Å². The van der Waals surface area contributed by atoms with E-state index < -0.39 is 0 Å². The molecule has 1 aromatic carbocycles. The third-order valence-electron chi connectivity index (χ3n) is 5.21. The third-order valence-corrected chi connectivity index (χ3v) is 5.51. The van der Waals surface area contributed by atoms with E-state index in [1.165, 1.54) is 0 Å². The minimum atomic E-state index is -0.135. The number of rotatable bonds is 4. The molecule has 0 saturated carbocycles. The number of ether oxygens (including phenoxy) is 2. The van der Waals surface area contributed by atoms with E-state index >= 15 is 0 Å². The molecular formula is C21H20ClN5O3. The molecule has 9 heteroatoms. The van der Waals surface area contributed by atoms with Crippen LogP contribution in [0.15, 0.2) is 30.5 Å². The number of halogens is 1. The average molecular weight is 426 g/mol. The van der Waals surface area contributed by atoms with E-state index in [1.54, 1.807) is 19.4 Å². The molecule has 0 fully saturated rings. The molecule has 4 heterocycles. The van der Waals surface area contributed by atoms with Crippen LogP contribution in [0.3, 0.4) is 0 Å². The van der Waals surface area contributed by atoms with Crippen LogP contribution in [0.1, 0.15) is 16.1 Å². The molecule has 5 rings (SSSR count). The number of fused-ring (bicyclic) bond motifs is 2. The molecule has 1 amide bonds. The lowest BCUT2D eigenvalue weighted by Crippen LogP contribution is -2.31. The van der Waals surface area contributed by atoms with Gasteiger partial charge in [0.25, 0.3) is 5.91 Å². The smallest absolute Gasteiger partial charge is 0.255 e. The van der Waals surface area contributed by atoms with Crippen LogP contribution in [0.5, 0.6) is 11.5 Å². The van der Waals surface area contributed by atoms with Crippen molar-refractivity contribution in [3.05, 3.63) is 46.7 Å². The minimum absolute atomic E-state index is 0.135. The van der Waals surface area contributed by atoms with Gasteiger partial charge in [-0.05, 0) is 18.2 Å². The number of pyridine rings is 1. The van der Waals surface area contributed by atoms with Gasteiger partial charge in [-0.25, -0.2) is 4.98 Å². The molecule has 0 atom stereocenters. The van der Waals surface area contributed by atoms with Crippen LogP contribution in [-0.4, -0.2) is 42.7 Å². The minimum Gasteiger partial charge on any atom is -0.493 e. The number of aromatic amines is 1. The van der Waals surface area contributed by atoms with Gasteiger partial charge in [0.05, 0.1) is 41.3 Å². The first kappa shape index (κ1) is 18.6. The summed E-state index contributed by atoms with van der Waals surface area (Å²) >= 11 is 6.30. The van der Waals surface area contributed by atoms with Gasteiger partial charge in [-0.3, -0.25) is 4.79 Å². The number of nitrogens with zero attached hydrogens (tertiary/aromatic N) is 1. The zero-order chi connectivity index (χ0) is 20.7. The van der Waals surface area contributed by atoms with Gasteiger partial charge in [-0.15, -0.1) is 0 Å². The summed E-state index contributed by atoms with van der Waals surface area (Å²) in [4.78, 5) is 20.6. The molecule has 0 radical (unpaired) electrons. The largest absolute Gasteiger partial charge is 0.493 e. The van der Waals surface area contributed by atoms with E-state index in [0.717, 1.165) is 17.0 Å². The first-order valence-electron chi connectivity index (χ1n) is 9.66. The van der Waals surface area contributed by atoms with E-state index in [9.17, 15) is 4.79 Å². The van der Waals surface area contributed by atoms with Gasteiger partial charge in [-0.2, -0.15) is 0 Å². The summed E-state index contributed by atoms with van der Waals surface area (Å²) in [6.45, 7) is 1.81. The van der Waals surface area contributed by atoms with Gasteiger partial charge in [0, 0.05) is 30.4 Å². The standard InChI is InChI=1S/C21H20ClN5O3/c1-29-19-12(22)3-2-4-14(19)27-17-15-13(6-8-25-21(15)28)26-16(17)11-5-7-23-20-18(11)30-10-9-24-20/h2-5,7,26-27H,6,8-10H2,1H3,(H,23,24)(H,25,28). The monoisotopic (exact) mass is 425 g/mol. The van der Waals surface area contributed by atoms with Crippen molar-refractivity contribution in [3.8, 4) is 22.8 Å². The van der Waals surface area contributed by atoms with Gasteiger partial charge >= 0.3 is 0 Å². The number of methoxy groups -OCH3 is 1. The first-order chi connectivity index (χ1) is 14.7. The Morgan fingerprint density at radius 2 is 2.13 bits per heavy atom. The second kappa shape index (κ2) is 7.46. The average Bonchev–Trinajstić information content (AvgIpc) is 3.13. The van der Waals surface area contributed by atoms with Crippen LogP contribution in [0.4, 0.5) is 17.2 Å². The van der Waals surface area contributed by atoms with Crippen molar-refractivity contribution in [1.82, 2.24) is 15.3 Å². The van der Waals surface area contributed by atoms with Gasteiger partial charge in [-0.1, -0.05) is 17.7 Å². The predicted molar refractivity (Wildman–Crippen MR) is 115 cm³/mol. The fraction of sp³-hybridized carbons (Fsp3) is 0.238. The van der Waals surface area contributed by atoms with E-state index in [4.69, 9.17) is 21.1 Å². The number of aromatic nitrogens is 2. The molecule has 0 saturated heterocycles. The lowest BCUT2D eigenvalue weighted by atomic mass is 10.0. The number of hydrogen-bond acceptors (Lipinski definition) is 6. The van der Waals surface area contributed by atoms with Crippen molar-refractivity contribution in [2.75, 3.05) is 37.4 Å². The molecule has 0 spiro atoms. The Balaban J connectivity index is 1.70. The summed E-state index contributed by atoms with van der Waals surface area (Å²) in [7, 11) is 1.56. The molecule has 0 unspecified atom stereocenters. The van der Waals surface area contributed by atoms with Crippen molar-refractivity contribution in [1.29, 1.82) is 0 Å². The zero-order valence-electron chi connectivity index (χ0n) is 16.3. The van der Waals surface area contributed by atoms with E-state index in [1.807, 2.05) is 18.2 Å². The lowest BCUT2D eigenvalue weighted by molar-refractivity contribution is 0.0947. The Labute approximate surface area is 177 Å². The summed E-state index contributed by atoms with van der Waals surface area (Å²) in [5, 5.41) is 10.0. The van der Waals surface area contributed by atoms with Crippen molar-refractivity contribution in [2.24, 2.45) is 0 Å². The molecule has 0 bridgehead atoms. The maximum Gasteiger partial charge on any atom is 0.255 e. The summed E-state index contributed by atoms with van der Waals surface area (Å²) in [6.07, 6.45) is 2.42. The van der Waals surface area contributed by atoms with Crippen molar-refractivity contribution >= 4 is 34.7 Å². The number of para-hydroxylation sites is 1. The molecule has 8 nitrogen and oxygen atoms in total. The summed E-state index contributed by atoms with van der Waals surface area (Å²) in [5.74, 6) is 1.71. The number of carbonyl (C=O) groups is 1. The molecular weight excluding hydrogens is 406 g/mol. The van der Waals surface area contributed by atoms with Crippen LogP contribution < -0.4 is 25.4 Å². The second-order valence-electron chi connectivity index (χ2n) is 6.99. The van der Waals surface area contributed by atoms with Gasteiger partial charge in [0.2, 0.25) is 0 Å². The Morgan fingerprint density at radius 3 is 3.00 bits per heavy atom. The highest BCUT2D eigenvalue weighted by atomic mass is 35.5. The maximum absolute atomic E-state index is 12.8. The fourth-order valence-electron chi connectivity index (χ4n) is 3.90. The van der Waals surface area contributed by atoms with Crippen LogP contribution in [0.25, 0.3) is 11.3 Å². The Morgan fingerprint density at radius 1 is 1.23 bits per heavy atom. The van der Waals surface area contributed by atoms with E-state index in [2.05, 4.69) is 25.9 Å². The Hall–Kier alpha value is -3.39. The number of H-pyrrole nitrogens is 1. The fourth-order valence-corrected chi connectivity index (χ4v) is 4.15. The van der Waals surface area contributed by atoms with Crippen LogP contribution in [0.2, 0.25) is 5.02 Å². The number of hydrogen-bond donors (Lipinski definition) is 4. The Kier molecular flexibility index (Phi) is 4.63. The highest BCUT2D eigenvalue weighted by Gasteiger charge is 2.30. The molecule has 30 heavy (non-hydrogen) atoms. The summed E-state index contributed by atoms with van der Waals surface area (Å²) in [6, 6.07) is 7.31. The molecule has 2 aromatic heterocycles. The molecule has 0 aliphatic carbocycles. The molecule has 3 aromatic rings. The van der Waals surface area contributed by atoms with Gasteiger partial charge in [0.15, 0.2) is 17.3 Å². The van der Waals surface area contributed by atoms with Crippen molar-refractivity contribution < 1.29 is 14.3 Å². The number of nitrogens with one attached hydrogen (secondary N) is 4. The maximum atomic E-state index is 12.8. The van der Waals surface area contributed by atoms with Gasteiger partial charge < -0.3 is 30.4 Å². The zero-order valence-corrected chi connectivity index (χ0v) is 17.0. The third kappa shape index (κ3) is 3.00. The number of anilines is 3.